The van der Waals surface area contributed by atoms with Crippen LogP contribution in [0.3, 0.4) is 0 Å². The first-order valence-electron chi connectivity index (χ1n) is 26.4. The van der Waals surface area contributed by atoms with E-state index < -0.39 is 0 Å². The maximum Gasteiger partial charge on any atom is 0.252 e. The largest absolute Gasteiger partial charge is 0.311 e. The van der Waals surface area contributed by atoms with Gasteiger partial charge in [0.15, 0.2) is 0 Å². The summed E-state index contributed by atoms with van der Waals surface area (Å²) in [4.78, 5) is 5.43. The van der Waals surface area contributed by atoms with Crippen molar-refractivity contribution < 1.29 is 0 Å². The van der Waals surface area contributed by atoms with Gasteiger partial charge in [-0.05, 0) is 180 Å². The van der Waals surface area contributed by atoms with Crippen molar-refractivity contribution in [1.29, 1.82) is 0 Å². The number of nitrogens with zero attached hydrogens (tertiary/aromatic N) is 2. The van der Waals surface area contributed by atoms with Crippen LogP contribution in [-0.4, -0.2) is 6.71 Å². The van der Waals surface area contributed by atoms with Crippen LogP contribution in [0, 0.1) is 6.92 Å². The maximum absolute atomic E-state index is 2.72. The molecule has 2 aliphatic heterocycles. The standard InChI is InChI=1S/C67H75BN2/c1-42-34-49-51(66(12,13)32-30-64(49,8)9)40-57(42)70-56-28-26-45(43-22-18-16-19-23-43)35-53(56)68-54-39-50-52(67(14,15)33-31-65(50,10)11)41-58(54)69(59-37-47(63(5,6)7)38-60(70)61(59)68)55-29-27-46(62(2,3)4)36-48(55)44-24-20-17-21-25-44/h16-29,34-41H,30-33H2,1-15H3. The highest BCUT2D eigenvalue weighted by Crippen LogP contribution is 2.54. The smallest absolute Gasteiger partial charge is 0.252 e. The zero-order valence-electron chi connectivity index (χ0n) is 45.0. The zero-order valence-corrected chi connectivity index (χ0v) is 45.0. The summed E-state index contributed by atoms with van der Waals surface area (Å²) in [5.41, 5.74) is 26.9. The van der Waals surface area contributed by atoms with E-state index in [0.717, 1.165) is 12.8 Å². The van der Waals surface area contributed by atoms with Crippen molar-refractivity contribution in [1.82, 2.24) is 0 Å². The number of fused-ring (bicyclic) bond motifs is 6. The van der Waals surface area contributed by atoms with E-state index in [0.29, 0.717) is 0 Å². The minimum atomic E-state index is -0.132. The van der Waals surface area contributed by atoms with Crippen molar-refractivity contribution in [3.63, 3.8) is 0 Å². The first-order valence-corrected chi connectivity index (χ1v) is 26.4. The summed E-state index contributed by atoms with van der Waals surface area (Å²) in [6.45, 7) is 36.4. The van der Waals surface area contributed by atoms with Gasteiger partial charge in [-0.15, -0.1) is 0 Å². The molecule has 0 radical (unpaired) electrons. The van der Waals surface area contributed by atoms with Crippen molar-refractivity contribution in [3.8, 4) is 22.3 Å². The Kier molecular flexibility index (Phi) is 10.4. The molecule has 4 aliphatic rings. The van der Waals surface area contributed by atoms with E-state index in [9.17, 15) is 0 Å². The number of anilines is 6. The van der Waals surface area contributed by atoms with Gasteiger partial charge < -0.3 is 9.80 Å². The Labute approximate surface area is 421 Å². The van der Waals surface area contributed by atoms with E-state index in [2.05, 4.69) is 247 Å². The molecule has 0 bridgehead atoms. The van der Waals surface area contributed by atoms with E-state index in [-0.39, 0.29) is 39.2 Å². The monoisotopic (exact) mass is 919 g/mol. The van der Waals surface area contributed by atoms with Crippen LogP contribution in [-0.2, 0) is 32.5 Å². The van der Waals surface area contributed by atoms with Gasteiger partial charge in [-0.25, -0.2) is 0 Å². The summed E-state index contributed by atoms with van der Waals surface area (Å²) in [6.07, 6.45) is 4.69. The molecule has 356 valence electrons. The van der Waals surface area contributed by atoms with Gasteiger partial charge in [0.25, 0.3) is 6.71 Å². The summed E-state index contributed by atoms with van der Waals surface area (Å²) >= 11 is 0. The molecule has 0 saturated heterocycles. The van der Waals surface area contributed by atoms with Crippen LogP contribution in [0.1, 0.15) is 162 Å². The first-order chi connectivity index (χ1) is 32.9. The lowest BCUT2D eigenvalue weighted by atomic mass is 9.33. The molecule has 0 fully saturated rings. The number of hydrogen-bond donors (Lipinski definition) is 0. The summed E-state index contributed by atoms with van der Waals surface area (Å²) in [5.74, 6) is 0. The second-order valence-electron chi connectivity index (χ2n) is 26.4. The Morgan fingerprint density at radius 2 is 0.843 bits per heavy atom. The van der Waals surface area contributed by atoms with E-state index in [1.54, 1.807) is 0 Å². The predicted molar refractivity (Wildman–Crippen MR) is 304 cm³/mol. The fourth-order valence-corrected chi connectivity index (χ4v) is 12.8. The highest BCUT2D eigenvalue weighted by Gasteiger charge is 2.48. The van der Waals surface area contributed by atoms with Gasteiger partial charge in [0.1, 0.15) is 0 Å². The molecular weight excluding hydrogens is 844 g/mol. The fourth-order valence-electron chi connectivity index (χ4n) is 12.8. The lowest BCUT2D eigenvalue weighted by Gasteiger charge is -2.48. The Bertz CT molecular complexity index is 3240. The third kappa shape index (κ3) is 7.34. The van der Waals surface area contributed by atoms with Gasteiger partial charge in [0.2, 0.25) is 0 Å². The lowest BCUT2D eigenvalue weighted by Crippen LogP contribution is -2.62. The molecule has 0 atom stereocenters. The van der Waals surface area contributed by atoms with Gasteiger partial charge >= 0.3 is 0 Å². The molecule has 70 heavy (non-hydrogen) atoms. The van der Waals surface area contributed by atoms with Crippen molar-refractivity contribution in [2.24, 2.45) is 0 Å². The van der Waals surface area contributed by atoms with Crippen LogP contribution in [0.5, 0.6) is 0 Å². The molecule has 0 amide bonds. The second kappa shape index (κ2) is 15.6. The Morgan fingerprint density at radius 3 is 1.39 bits per heavy atom. The molecule has 7 aromatic carbocycles. The van der Waals surface area contributed by atoms with E-state index >= 15 is 0 Å². The van der Waals surface area contributed by atoms with Gasteiger partial charge in [0.05, 0.1) is 5.69 Å². The Balaban J connectivity index is 1.31. The van der Waals surface area contributed by atoms with Gasteiger partial charge in [-0.3, -0.25) is 0 Å². The molecule has 0 spiro atoms. The minimum Gasteiger partial charge on any atom is -0.311 e. The van der Waals surface area contributed by atoms with Crippen molar-refractivity contribution in [3.05, 3.63) is 172 Å². The summed E-state index contributed by atoms with van der Waals surface area (Å²) in [5, 5.41) is 0. The summed E-state index contributed by atoms with van der Waals surface area (Å²) in [6, 6.07) is 52.7. The second-order valence-corrected chi connectivity index (χ2v) is 26.4. The van der Waals surface area contributed by atoms with Crippen LogP contribution >= 0.6 is 0 Å². The third-order valence-electron chi connectivity index (χ3n) is 17.6. The van der Waals surface area contributed by atoms with Crippen molar-refractivity contribution in [2.75, 3.05) is 9.80 Å². The average molecular weight is 919 g/mol. The van der Waals surface area contributed by atoms with Gasteiger partial charge in [-0.2, -0.15) is 0 Å². The molecule has 3 heteroatoms. The van der Waals surface area contributed by atoms with Crippen LogP contribution < -0.4 is 26.2 Å². The van der Waals surface area contributed by atoms with Crippen LogP contribution in [0.25, 0.3) is 22.3 Å². The first kappa shape index (κ1) is 46.6. The molecule has 0 aromatic heterocycles. The fraction of sp³-hybridized carbons (Fsp3) is 0.373. The highest BCUT2D eigenvalue weighted by molar-refractivity contribution is 7.00. The normalized spacial score (nSPS) is 18.1. The van der Waals surface area contributed by atoms with Crippen molar-refractivity contribution >= 4 is 57.2 Å². The average Bonchev–Trinajstić information content (AvgIpc) is 3.31. The molecule has 2 aliphatic carbocycles. The quantitative estimate of drug-likeness (QED) is 0.162. The minimum absolute atomic E-state index is 0.00588. The summed E-state index contributed by atoms with van der Waals surface area (Å²) < 4.78 is 0. The van der Waals surface area contributed by atoms with E-state index in [4.69, 9.17) is 0 Å². The SMILES string of the molecule is Cc1cc2c(cc1N1c3ccc(-c4ccccc4)cc3B3c4cc5c(cc4N(c4ccc(C(C)(C)C)cc4-c4ccccc4)c4cc(C(C)(C)C)cc1c43)C(C)(C)CCC5(C)C)C(C)(C)CCC2(C)C. The topological polar surface area (TPSA) is 6.48 Å². The van der Waals surface area contributed by atoms with Crippen LogP contribution in [0.15, 0.2) is 133 Å². The third-order valence-corrected chi connectivity index (χ3v) is 17.6. The van der Waals surface area contributed by atoms with E-state index in [1.807, 2.05) is 0 Å². The van der Waals surface area contributed by atoms with Gasteiger partial charge in [0, 0.05) is 34.0 Å². The number of benzene rings is 7. The lowest BCUT2D eigenvalue weighted by molar-refractivity contribution is 0.332. The van der Waals surface area contributed by atoms with Gasteiger partial charge in [-0.1, -0.05) is 188 Å². The highest BCUT2D eigenvalue weighted by atomic mass is 15.2. The molecule has 2 nitrogen and oxygen atoms in total. The Hall–Kier alpha value is -5.80. The molecular formula is C67H75BN2. The number of aryl methyl sites for hydroxylation is 1. The Morgan fingerprint density at radius 1 is 0.386 bits per heavy atom. The molecule has 0 saturated carbocycles. The zero-order chi connectivity index (χ0) is 49.7. The van der Waals surface area contributed by atoms with Crippen LogP contribution in [0.2, 0.25) is 0 Å². The number of hydrogen-bond acceptors (Lipinski definition) is 2. The summed E-state index contributed by atoms with van der Waals surface area (Å²) in [7, 11) is 0. The van der Waals surface area contributed by atoms with Crippen LogP contribution in [0.4, 0.5) is 34.1 Å². The maximum atomic E-state index is 2.72. The molecule has 11 rings (SSSR count). The molecule has 7 aromatic rings. The van der Waals surface area contributed by atoms with E-state index in [1.165, 1.54) is 125 Å². The number of rotatable bonds is 4. The predicted octanol–water partition coefficient (Wildman–Crippen LogP) is 16.7. The molecule has 0 N–H and O–H groups in total. The molecule has 0 unspecified atom stereocenters. The van der Waals surface area contributed by atoms with Crippen molar-refractivity contribution in [2.45, 2.75) is 162 Å². The molecule has 2 heterocycles.